The summed E-state index contributed by atoms with van der Waals surface area (Å²) >= 11 is 12.8. The van der Waals surface area contributed by atoms with Crippen molar-refractivity contribution in [3.05, 3.63) is 81.6 Å². The first kappa shape index (κ1) is 35.3. The van der Waals surface area contributed by atoms with Crippen LogP contribution in [0.5, 0.6) is 11.5 Å². The first-order chi connectivity index (χ1) is 21.7. The highest BCUT2D eigenvalue weighted by atomic mass is 35.5. The number of ether oxygens (including phenoxy) is 3. The van der Waals surface area contributed by atoms with Crippen molar-refractivity contribution in [2.75, 3.05) is 27.7 Å². The van der Waals surface area contributed by atoms with Crippen LogP contribution in [0.15, 0.2) is 59.8 Å². The number of amides is 1. The van der Waals surface area contributed by atoms with E-state index in [1.54, 1.807) is 14.1 Å². The topological polar surface area (TPSA) is 117 Å². The van der Waals surface area contributed by atoms with Crippen LogP contribution in [0.2, 0.25) is 10.0 Å². The largest absolute Gasteiger partial charge is 0.489 e. The monoisotopic (exact) mass is 700 g/mol. The van der Waals surface area contributed by atoms with Gasteiger partial charge in [0.2, 0.25) is 10.0 Å². The van der Waals surface area contributed by atoms with E-state index in [1.807, 2.05) is 0 Å². The molecule has 1 N–H and O–H groups in total. The molecule has 1 aromatic heterocycles. The minimum absolute atomic E-state index is 0.0317. The molecule has 15 heteroatoms. The third kappa shape index (κ3) is 8.64. The van der Waals surface area contributed by atoms with Crippen molar-refractivity contribution in [3.63, 3.8) is 0 Å². The second kappa shape index (κ2) is 14.9. The molecule has 0 saturated heterocycles. The van der Waals surface area contributed by atoms with Gasteiger partial charge in [-0.2, -0.15) is 13.1 Å². The SMILES string of the molecule is C[C@@H](C(=O)O[C@@H](Cc1c(Cl)c[nH+]cc1Cl)c1ccc(OC(F)F)c(OCC2CC2)c1)N(C)S(=O)(=O)c1cccc(C(=O)N(C)C)c1. The Morgan fingerprint density at radius 1 is 1.02 bits per heavy atom. The first-order valence-corrected chi connectivity index (χ1v) is 16.4. The third-order valence-electron chi connectivity index (χ3n) is 7.42. The lowest BCUT2D eigenvalue weighted by molar-refractivity contribution is -0.377. The number of esters is 1. The van der Waals surface area contributed by atoms with Gasteiger partial charge >= 0.3 is 12.6 Å². The van der Waals surface area contributed by atoms with Crippen molar-refractivity contribution in [1.82, 2.24) is 9.21 Å². The molecule has 1 amide bonds. The van der Waals surface area contributed by atoms with Gasteiger partial charge in [0, 0.05) is 38.7 Å². The van der Waals surface area contributed by atoms with E-state index in [1.165, 1.54) is 73.7 Å². The maximum Gasteiger partial charge on any atom is 0.387 e. The van der Waals surface area contributed by atoms with Gasteiger partial charge in [0.15, 0.2) is 23.9 Å². The maximum atomic E-state index is 13.6. The molecule has 4 rings (SSSR count). The van der Waals surface area contributed by atoms with Crippen molar-refractivity contribution in [2.24, 2.45) is 5.92 Å². The number of rotatable bonds is 14. The van der Waals surface area contributed by atoms with Gasteiger partial charge in [0.25, 0.3) is 5.91 Å². The number of aromatic nitrogens is 1. The number of carbonyl (C=O) groups is 2. The Morgan fingerprint density at radius 2 is 1.70 bits per heavy atom. The Morgan fingerprint density at radius 3 is 2.30 bits per heavy atom. The average molecular weight is 702 g/mol. The fourth-order valence-electron chi connectivity index (χ4n) is 4.42. The summed E-state index contributed by atoms with van der Waals surface area (Å²) in [5.74, 6) is -1.17. The van der Waals surface area contributed by atoms with Gasteiger partial charge < -0.3 is 19.1 Å². The summed E-state index contributed by atoms with van der Waals surface area (Å²) in [6.45, 7) is -1.45. The molecule has 0 spiro atoms. The lowest BCUT2D eigenvalue weighted by atomic mass is 10.0. The molecule has 46 heavy (non-hydrogen) atoms. The van der Waals surface area contributed by atoms with Gasteiger partial charge in [-0.3, -0.25) is 9.59 Å². The summed E-state index contributed by atoms with van der Waals surface area (Å²) in [4.78, 5) is 29.9. The van der Waals surface area contributed by atoms with E-state index in [9.17, 15) is 26.8 Å². The van der Waals surface area contributed by atoms with E-state index in [-0.39, 0.29) is 38.4 Å². The Labute approximate surface area is 276 Å². The predicted octanol–water partition coefficient (Wildman–Crippen LogP) is 5.44. The Balaban J connectivity index is 1.64. The summed E-state index contributed by atoms with van der Waals surface area (Å²) in [5, 5.41) is 0.493. The molecule has 1 heterocycles. The number of H-pyrrole nitrogens is 1. The number of hydrogen-bond donors (Lipinski definition) is 0. The van der Waals surface area contributed by atoms with E-state index >= 15 is 0 Å². The van der Waals surface area contributed by atoms with E-state index < -0.39 is 40.7 Å². The van der Waals surface area contributed by atoms with Crippen molar-refractivity contribution in [3.8, 4) is 11.5 Å². The number of aromatic amines is 1. The second-order valence-corrected chi connectivity index (χ2v) is 13.8. The maximum absolute atomic E-state index is 13.6. The first-order valence-electron chi connectivity index (χ1n) is 14.2. The molecule has 1 aliphatic rings. The minimum atomic E-state index is -4.26. The number of likely N-dealkylation sites (N-methyl/N-ethyl adjacent to an activating group) is 1. The highest BCUT2D eigenvalue weighted by Crippen LogP contribution is 2.38. The summed E-state index contributed by atoms with van der Waals surface area (Å²) in [5.41, 5.74) is 0.917. The molecule has 2 atom stereocenters. The molecule has 248 valence electrons. The standard InChI is InChI=1S/C31H33Cl2F2N3O7S/c1-18(38(4)46(41,42)22-7-5-6-21(12-22)29(39)37(2)3)30(40)44-27(14-23-24(32)15-36-16-25(23)33)20-10-11-26(45-31(34)35)28(13-20)43-17-19-8-9-19/h5-7,10-13,15-16,18-19,27,31H,8-9,14,17H2,1-4H3/p+1/t18-,27-/m0/s1. The third-order valence-corrected chi connectivity index (χ3v) is 10.0. The molecule has 0 unspecified atom stereocenters. The molecule has 10 nitrogen and oxygen atoms in total. The number of pyridine rings is 1. The molecular formula is C31H34Cl2F2N3O7S+. The van der Waals surface area contributed by atoms with Gasteiger partial charge in [-0.05, 0) is 61.6 Å². The average Bonchev–Trinajstić information content (AvgIpc) is 3.85. The second-order valence-electron chi connectivity index (χ2n) is 11.0. The zero-order valence-corrected chi connectivity index (χ0v) is 27.8. The molecule has 0 radical (unpaired) electrons. The van der Waals surface area contributed by atoms with Crippen LogP contribution in [-0.4, -0.2) is 69.9 Å². The van der Waals surface area contributed by atoms with Crippen LogP contribution in [0, 0.1) is 5.92 Å². The summed E-state index contributed by atoms with van der Waals surface area (Å²) < 4.78 is 70.5. The Bertz CT molecular complexity index is 1670. The fraction of sp³-hybridized carbons (Fsp3) is 0.387. The summed E-state index contributed by atoms with van der Waals surface area (Å²) in [6, 6.07) is 8.31. The Kier molecular flexibility index (Phi) is 11.5. The lowest BCUT2D eigenvalue weighted by Gasteiger charge is -2.26. The van der Waals surface area contributed by atoms with Crippen LogP contribution < -0.4 is 14.5 Å². The quantitative estimate of drug-likeness (QED) is 0.206. The van der Waals surface area contributed by atoms with Crippen molar-refractivity contribution in [2.45, 2.75) is 49.8 Å². The lowest BCUT2D eigenvalue weighted by Crippen LogP contribution is -2.41. The minimum Gasteiger partial charge on any atom is -0.489 e. The van der Waals surface area contributed by atoms with E-state index in [0.717, 1.165) is 17.1 Å². The van der Waals surface area contributed by atoms with Crippen LogP contribution in [0.1, 0.15) is 47.4 Å². The highest BCUT2D eigenvalue weighted by Gasteiger charge is 2.34. The van der Waals surface area contributed by atoms with Gasteiger partial charge in [0.1, 0.15) is 22.2 Å². The highest BCUT2D eigenvalue weighted by molar-refractivity contribution is 7.89. The van der Waals surface area contributed by atoms with Crippen molar-refractivity contribution >= 4 is 45.1 Å². The number of sulfonamides is 1. The van der Waals surface area contributed by atoms with E-state index in [2.05, 4.69) is 9.72 Å². The van der Waals surface area contributed by atoms with Crippen molar-refractivity contribution < 1.29 is 46.0 Å². The van der Waals surface area contributed by atoms with Crippen molar-refractivity contribution in [1.29, 1.82) is 0 Å². The zero-order valence-electron chi connectivity index (χ0n) is 25.5. The number of alkyl halides is 2. The number of carbonyl (C=O) groups excluding carboxylic acids is 2. The summed E-state index contributed by atoms with van der Waals surface area (Å²) in [6.07, 6.45) is 3.74. The van der Waals surface area contributed by atoms with Crippen LogP contribution in [-0.2, 0) is 26.0 Å². The molecule has 1 aliphatic carbocycles. The summed E-state index contributed by atoms with van der Waals surface area (Å²) in [7, 11) is 0.0395. The van der Waals surface area contributed by atoms with Crippen LogP contribution in [0.25, 0.3) is 0 Å². The molecule has 3 aromatic rings. The van der Waals surface area contributed by atoms with Crippen LogP contribution in [0.3, 0.4) is 0 Å². The number of benzene rings is 2. The zero-order chi connectivity index (χ0) is 33.8. The smallest absolute Gasteiger partial charge is 0.387 e. The fourth-order valence-corrected chi connectivity index (χ4v) is 6.31. The normalized spacial score (nSPS) is 14.6. The van der Waals surface area contributed by atoms with Gasteiger partial charge in [-0.15, -0.1) is 0 Å². The van der Waals surface area contributed by atoms with Crippen LogP contribution in [0.4, 0.5) is 8.78 Å². The molecule has 2 aromatic carbocycles. The van der Waals surface area contributed by atoms with E-state index in [4.69, 9.17) is 32.7 Å². The number of hydrogen-bond acceptors (Lipinski definition) is 7. The number of nitrogens with one attached hydrogen (secondary N) is 1. The molecule has 1 fully saturated rings. The van der Waals surface area contributed by atoms with Crippen LogP contribution >= 0.6 is 23.2 Å². The molecule has 1 saturated carbocycles. The molecule has 0 aliphatic heterocycles. The van der Waals surface area contributed by atoms with Gasteiger partial charge in [-0.1, -0.05) is 35.3 Å². The van der Waals surface area contributed by atoms with E-state index in [0.29, 0.717) is 23.7 Å². The predicted molar refractivity (Wildman–Crippen MR) is 166 cm³/mol. The molecule has 0 bridgehead atoms. The Hall–Kier alpha value is -3.52. The van der Waals surface area contributed by atoms with Gasteiger partial charge in [-0.25, -0.2) is 13.4 Å². The number of nitrogens with zero attached hydrogens (tertiary/aromatic N) is 2. The van der Waals surface area contributed by atoms with Gasteiger partial charge in [0.05, 0.1) is 11.5 Å². The molecular weight excluding hydrogens is 667 g/mol. The number of halogens is 4.